The summed E-state index contributed by atoms with van der Waals surface area (Å²) in [7, 11) is 0. The second kappa shape index (κ2) is 5.33. The van der Waals surface area contributed by atoms with Gasteiger partial charge in [0.05, 0.1) is 0 Å². The molecule has 1 aromatic carbocycles. The van der Waals surface area contributed by atoms with Crippen molar-refractivity contribution in [3.8, 4) is 5.75 Å². The lowest BCUT2D eigenvalue weighted by atomic mass is 10.1. The first-order chi connectivity index (χ1) is 9.72. The third kappa shape index (κ3) is 2.64. The highest BCUT2D eigenvalue weighted by molar-refractivity contribution is 5.93. The van der Waals surface area contributed by atoms with Gasteiger partial charge in [-0.3, -0.25) is 10.4 Å². The summed E-state index contributed by atoms with van der Waals surface area (Å²) in [5.41, 5.74) is 9.73. The van der Waals surface area contributed by atoms with Crippen molar-refractivity contribution in [2.24, 2.45) is 5.73 Å². The zero-order chi connectivity index (χ0) is 13.9. The molecule has 20 heavy (non-hydrogen) atoms. The molecule has 1 aliphatic rings. The first-order valence-electron chi connectivity index (χ1n) is 6.76. The Labute approximate surface area is 118 Å². The summed E-state index contributed by atoms with van der Waals surface area (Å²) in [6.45, 7) is 0.460. The first-order valence-corrected chi connectivity index (χ1v) is 6.76. The minimum atomic E-state index is -0.0237. The van der Waals surface area contributed by atoms with Gasteiger partial charge in [0.2, 0.25) is 0 Å². The minimum Gasteiger partial charge on any atom is -0.489 e. The Bertz CT molecular complexity index is 652. The van der Waals surface area contributed by atoms with Gasteiger partial charge < -0.3 is 10.5 Å². The molecule has 1 aromatic heterocycles. The predicted octanol–water partition coefficient (Wildman–Crippen LogP) is 2.43. The van der Waals surface area contributed by atoms with E-state index in [4.69, 9.17) is 15.9 Å². The van der Waals surface area contributed by atoms with E-state index in [-0.39, 0.29) is 5.84 Å². The van der Waals surface area contributed by atoms with E-state index in [2.05, 4.69) is 17.1 Å². The van der Waals surface area contributed by atoms with E-state index in [1.807, 2.05) is 12.1 Å². The standard InChI is InChI=1S/C16H17N3O/c17-16(18)15-8-11(6-7-19-15)10-20-14-5-4-12-2-1-3-13(12)9-14/h4-9H,1-3,10H2,(H3,17,18). The highest BCUT2D eigenvalue weighted by Crippen LogP contribution is 2.26. The molecule has 0 unspecified atom stereocenters. The summed E-state index contributed by atoms with van der Waals surface area (Å²) in [5, 5.41) is 7.39. The largest absolute Gasteiger partial charge is 0.489 e. The molecule has 0 amide bonds. The third-order valence-electron chi connectivity index (χ3n) is 3.58. The van der Waals surface area contributed by atoms with E-state index in [0.29, 0.717) is 12.3 Å². The zero-order valence-electron chi connectivity index (χ0n) is 11.2. The van der Waals surface area contributed by atoms with Crippen molar-refractivity contribution in [2.75, 3.05) is 0 Å². The molecule has 4 heteroatoms. The monoisotopic (exact) mass is 267 g/mol. The number of hydrogen-bond acceptors (Lipinski definition) is 3. The van der Waals surface area contributed by atoms with Crippen LogP contribution in [0.5, 0.6) is 5.75 Å². The molecule has 0 radical (unpaired) electrons. The van der Waals surface area contributed by atoms with Crippen molar-refractivity contribution >= 4 is 5.84 Å². The van der Waals surface area contributed by atoms with Gasteiger partial charge >= 0.3 is 0 Å². The Hall–Kier alpha value is -2.36. The van der Waals surface area contributed by atoms with Crippen LogP contribution >= 0.6 is 0 Å². The summed E-state index contributed by atoms with van der Waals surface area (Å²) >= 11 is 0. The van der Waals surface area contributed by atoms with Crippen LogP contribution in [0.4, 0.5) is 0 Å². The third-order valence-corrected chi connectivity index (χ3v) is 3.58. The maximum atomic E-state index is 7.39. The molecule has 0 saturated heterocycles. The van der Waals surface area contributed by atoms with Crippen LogP contribution in [0.3, 0.4) is 0 Å². The lowest BCUT2D eigenvalue weighted by molar-refractivity contribution is 0.306. The summed E-state index contributed by atoms with van der Waals surface area (Å²) < 4.78 is 5.81. The Kier molecular flexibility index (Phi) is 3.37. The van der Waals surface area contributed by atoms with Gasteiger partial charge in [-0.05, 0) is 60.2 Å². The van der Waals surface area contributed by atoms with Crippen LogP contribution in [-0.4, -0.2) is 10.8 Å². The number of benzene rings is 1. The molecule has 2 aromatic rings. The molecular weight excluding hydrogens is 250 g/mol. The molecule has 1 aliphatic carbocycles. The van der Waals surface area contributed by atoms with E-state index < -0.39 is 0 Å². The summed E-state index contributed by atoms with van der Waals surface area (Å²) in [5.74, 6) is 0.871. The molecule has 1 heterocycles. The fraction of sp³-hybridized carbons (Fsp3) is 0.250. The van der Waals surface area contributed by atoms with Crippen LogP contribution in [-0.2, 0) is 19.4 Å². The normalized spacial score (nSPS) is 13.0. The molecular formula is C16H17N3O. The van der Waals surface area contributed by atoms with Gasteiger partial charge in [-0.15, -0.1) is 0 Å². The molecule has 102 valence electrons. The van der Waals surface area contributed by atoms with Crippen LogP contribution in [0.25, 0.3) is 0 Å². The van der Waals surface area contributed by atoms with E-state index in [1.165, 1.54) is 24.0 Å². The smallest absolute Gasteiger partial charge is 0.141 e. The van der Waals surface area contributed by atoms with Crippen molar-refractivity contribution in [1.82, 2.24) is 4.98 Å². The number of nitrogens with one attached hydrogen (secondary N) is 1. The lowest BCUT2D eigenvalue weighted by Gasteiger charge is -2.09. The number of ether oxygens (including phenoxy) is 1. The SMILES string of the molecule is N=C(N)c1cc(COc2ccc3c(c2)CCC3)ccn1. The number of fused-ring (bicyclic) bond motifs is 1. The van der Waals surface area contributed by atoms with Crippen molar-refractivity contribution in [3.63, 3.8) is 0 Å². The number of amidine groups is 1. The van der Waals surface area contributed by atoms with Gasteiger partial charge in [-0.25, -0.2) is 0 Å². The Morgan fingerprint density at radius 1 is 1.20 bits per heavy atom. The summed E-state index contributed by atoms with van der Waals surface area (Å²) in [4.78, 5) is 4.04. The van der Waals surface area contributed by atoms with Gasteiger partial charge in [-0.1, -0.05) is 6.07 Å². The number of aryl methyl sites for hydroxylation is 2. The summed E-state index contributed by atoms with van der Waals surface area (Å²) in [6, 6.07) is 9.98. The number of aromatic nitrogens is 1. The molecule has 0 fully saturated rings. The molecule has 0 atom stereocenters. The fourth-order valence-corrected chi connectivity index (χ4v) is 2.52. The lowest BCUT2D eigenvalue weighted by Crippen LogP contribution is -2.13. The summed E-state index contributed by atoms with van der Waals surface area (Å²) in [6.07, 6.45) is 5.22. The van der Waals surface area contributed by atoms with E-state index >= 15 is 0 Å². The quantitative estimate of drug-likeness (QED) is 0.660. The first kappa shape index (κ1) is 12.7. The molecule has 3 rings (SSSR count). The van der Waals surface area contributed by atoms with Gasteiger partial charge in [-0.2, -0.15) is 0 Å². The molecule has 0 bridgehead atoms. The van der Waals surface area contributed by atoms with Crippen molar-refractivity contribution in [1.29, 1.82) is 5.41 Å². The second-order valence-electron chi connectivity index (χ2n) is 5.04. The van der Waals surface area contributed by atoms with Crippen LogP contribution in [0.15, 0.2) is 36.5 Å². The zero-order valence-corrected chi connectivity index (χ0v) is 11.2. The van der Waals surface area contributed by atoms with Gasteiger partial charge in [0, 0.05) is 6.20 Å². The topological polar surface area (TPSA) is 72.0 Å². The number of pyridine rings is 1. The predicted molar refractivity (Wildman–Crippen MR) is 78.1 cm³/mol. The fourth-order valence-electron chi connectivity index (χ4n) is 2.52. The van der Waals surface area contributed by atoms with E-state index in [1.54, 1.807) is 12.3 Å². The molecule has 0 spiro atoms. The highest BCUT2D eigenvalue weighted by atomic mass is 16.5. The number of nitrogens with two attached hydrogens (primary N) is 1. The Balaban J connectivity index is 1.70. The van der Waals surface area contributed by atoms with Crippen molar-refractivity contribution in [3.05, 3.63) is 58.9 Å². The maximum Gasteiger partial charge on any atom is 0.141 e. The maximum absolute atomic E-state index is 7.39. The van der Waals surface area contributed by atoms with Crippen molar-refractivity contribution in [2.45, 2.75) is 25.9 Å². The van der Waals surface area contributed by atoms with Crippen LogP contribution in [0.2, 0.25) is 0 Å². The number of hydrogen-bond donors (Lipinski definition) is 2. The number of nitrogen functional groups attached to an aromatic ring is 1. The molecule has 0 aliphatic heterocycles. The van der Waals surface area contributed by atoms with Gasteiger partial charge in [0.15, 0.2) is 0 Å². The second-order valence-corrected chi connectivity index (χ2v) is 5.04. The van der Waals surface area contributed by atoms with Gasteiger partial charge in [0.25, 0.3) is 0 Å². The minimum absolute atomic E-state index is 0.0237. The average Bonchev–Trinajstić information content (AvgIpc) is 2.93. The van der Waals surface area contributed by atoms with Crippen LogP contribution < -0.4 is 10.5 Å². The Morgan fingerprint density at radius 3 is 2.90 bits per heavy atom. The molecule has 3 N–H and O–H groups in total. The van der Waals surface area contributed by atoms with E-state index in [9.17, 15) is 0 Å². The Morgan fingerprint density at radius 2 is 2.05 bits per heavy atom. The van der Waals surface area contributed by atoms with Gasteiger partial charge in [0.1, 0.15) is 23.9 Å². The molecule has 4 nitrogen and oxygen atoms in total. The van der Waals surface area contributed by atoms with Crippen LogP contribution in [0, 0.1) is 5.41 Å². The molecule has 0 saturated carbocycles. The van der Waals surface area contributed by atoms with Crippen LogP contribution in [0.1, 0.15) is 28.8 Å². The number of nitrogens with zero attached hydrogens (tertiary/aromatic N) is 1. The number of rotatable bonds is 4. The van der Waals surface area contributed by atoms with Crippen molar-refractivity contribution < 1.29 is 4.74 Å². The average molecular weight is 267 g/mol. The van der Waals surface area contributed by atoms with E-state index in [0.717, 1.165) is 17.7 Å². The highest BCUT2D eigenvalue weighted by Gasteiger charge is 2.11.